The lowest BCUT2D eigenvalue weighted by atomic mass is 10.2. The van der Waals surface area contributed by atoms with Crippen LogP contribution in [0.3, 0.4) is 0 Å². The molecular formula is C17H14N2O4. The summed E-state index contributed by atoms with van der Waals surface area (Å²) in [5.74, 6) is -0.590. The molecule has 0 spiro atoms. The Labute approximate surface area is 132 Å². The van der Waals surface area contributed by atoms with Gasteiger partial charge in [-0.1, -0.05) is 18.2 Å². The molecule has 0 atom stereocenters. The highest BCUT2D eigenvalue weighted by Crippen LogP contribution is 2.22. The minimum atomic E-state index is -0.638. The van der Waals surface area contributed by atoms with Crippen LogP contribution in [0.1, 0.15) is 10.4 Å². The molecule has 0 bridgehead atoms. The molecule has 1 aliphatic rings. The number of carbonyl (C=O) groups is 3. The van der Waals surface area contributed by atoms with Gasteiger partial charge in [-0.15, -0.1) is 0 Å². The van der Waals surface area contributed by atoms with Gasteiger partial charge in [0.25, 0.3) is 11.8 Å². The van der Waals surface area contributed by atoms with Crippen molar-refractivity contribution in [2.24, 2.45) is 0 Å². The Morgan fingerprint density at radius 3 is 2.26 bits per heavy atom. The normalized spacial score (nSPS) is 14.3. The molecule has 1 heterocycles. The van der Waals surface area contributed by atoms with Gasteiger partial charge in [0.2, 0.25) is 0 Å². The molecule has 0 aromatic heterocycles. The van der Waals surface area contributed by atoms with Crippen molar-refractivity contribution in [2.75, 3.05) is 18.6 Å². The molecule has 4 amide bonds. The molecule has 0 unspecified atom stereocenters. The van der Waals surface area contributed by atoms with Crippen LogP contribution in [-0.2, 0) is 4.79 Å². The first kappa shape index (κ1) is 14.8. The standard InChI is InChI=1S/C17H14N2O4/c1-23-14-9-7-12(8-10-14)16(21)19-15(20)11-18(17(19)22)13-5-3-2-4-6-13/h2-10H,11H2,1H3. The van der Waals surface area contributed by atoms with Crippen LogP contribution in [0.5, 0.6) is 5.75 Å². The highest BCUT2D eigenvalue weighted by Gasteiger charge is 2.41. The average Bonchev–Trinajstić information content (AvgIpc) is 2.89. The summed E-state index contributed by atoms with van der Waals surface area (Å²) in [6.07, 6.45) is 0. The predicted molar refractivity (Wildman–Crippen MR) is 83.4 cm³/mol. The molecular weight excluding hydrogens is 296 g/mol. The van der Waals surface area contributed by atoms with Gasteiger partial charge in [-0.05, 0) is 36.4 Å². The Bertz CT molecular complexity index is 756. The molecule has 1 saturated heterocycles. The first-order valence-corrected chi connectivity index (χ1v) is 6.99. The van der Waals surface area contributed by atoms with Crippen LogP contribution in [0.15, 0.2) is 54.6 Å². The van der Waals surface area contributed by atoms with E-state index in [0.717, 1.165) is 0 Å². The summed E-state index contributed by atoms with van der Waals surface area (Å²) >= 11 is 0. The lowest BCUT2D eigenvalue weighted by Gasteiger charge is -2.16. The Kier molecular flexibility index (Phi) is 3.80. The molecule has 3 rings (SSSR count). The van der Waals surface area contributed by atoms with Gasteiger partial charge in [-0.2, -0.15) is 4.90 Å². The fourth-order valence-electron chi connectivity index (χ4n) is 2.37. The van der Waals surface area contributed by atoms with E-state index < -0.39 is 17.8 Å². The molecule has 2 aromatic carbocycles. The number of rotatable bonds is 3. The van der Waals surface area contributed by atoms with Gasteiger partial charge in [-0.25, -0.2) is 4.79 Å². The number of hydrogen-bond acceptors (Lipinski definition) is 4. The summed E-state index contributed by atoms with van der Waals surface area (Å²) in [7, 11) is 1.52. The molecule has 0 aliphatic carbocycles. The number of anilines is 1. The number of carbonyl (C=O) groups excluding carboxylic acids is 3. The van der Waals surface area contributed by atoms with Gasteiger partial charge in [0.05, 0.1) is 7.11 Å². The maximum atomic E-state index is 12.5. The third-order valence-corrected chi connectivity index (χ3v) is 3.57. The number of imide groups is 3. The van der Waals surface area contributed by atoms with E-state index in [1.54, 1.807) is 36.4 Å². The molecule has 1 aliphatic heterocycles. The second kappa shape index (κ2) is 5.92. The fraction of sp³-hybridized carbons (Fsp3) is 0.118. The van der Waals surface area contributed by atoms with Crippen molar-refractivity contribution in [1.29, 1.82) is 0 Å². The van der Waals surface area contributed by atoms with Gasteiger partial charge in [0, 0.05) is 11.3 Å². The van der Waals surface area contributed by atoms with Crippen LogP contribution in [0.4, 0.5) is 10.5 Å². The number of benzene rings is 2. The van der Waals surface area contributed by atoms with Crippen LogP contribution in [0.25, 0.3) is 0 Å². The number of methoxy groups -OCH3 is 1. The smallest absolute Gasteiger partial charge is 0.338 e. The van der Waals surface area contributed by atoms with Crippen molar-refractivity contribution in [1.82, 2.24) is 4.90 Å². The predicted octanol–water partition coefficient (Wildman–Crippen LogP) is 2.30. The number of ether oxygens (including phenoxy) is 1. The van der Waals surface area contributed by atoms with Crippen molar-refractivity contribution < 1.29 is 19.1 Å². The minimum Gasteiger partial charge on any atom is -0.497 e. The topological polar surface area (TPSA) is 66.9 Å². The largest absolute Gasteiger partial charge is 0.497 e. The summed E-state index contributed by atoms with van der Waals surface area (Å²) in [6, 6.07) is 14.4. The zero-order chi connectivity index (χ0) is 16.4. The van der Waals surface area contributed by atoms with E-state index in [1.165, 1.54) is 24.1 Å². The van der Waals surface area contributed by atoms with Crippen molar-refractivity contribution >= 4 is 23.5 Å². The maximum absolute atomic E-state index is 12.5. The fourth-order valence-corrected chi connectivity index (χ4v) is 2.37. The third-order valence-electron chi connectivity index (χ3n) is 3.57. The maximum Gasteiger partial charge on any atom is 0.338 e. The van der Waals surface area contributed by atoms with E-state index in [0.29, 0.717) is 16.3 Å². The summed E-state index contributed by atoms with van der Waals surface area (Å²) < 4.78 is 5.02. The van der Waals surface area contributed by atoms with Crippen LogP contribution >= 0.6 is 0 Å². The van der Waals surface area contributed by atoms with Gasteiger partial charge >= 0.3 is 6.03 Å². The monoisotopic (exact) mass is 310 g/mol. The van der Waals surface area contributed by atoms with Crippen molar-refractivity contribution in [2.45, 2.75) is 0 Å². The lowest BCUT2D eigenvalue weighted by molar-refractivity contribution is -0.123. The summed E-state index contributed by atoms with van der Waals surface area (Å²) in [5.41, 5.74) is 0.832. The van der Waals surface area contributed by atoms with Gasteiger partial charge in [-0.3, -0.25) is 14.5 Å². The highest BCUT2D eigenvalue weighted by molar-refractivity contribution is 6.24. The Balaban J connectivity index is 1.86. The lowest BCUT2D eigenvalue weighted by Crippen LogP contribution is -2.38. The SMILES string of the molecule is COc1ccc(C(=O)N2C(=O)CN(c3ccccc3)C2=O)cc1. The van der Waals surface area contributed by atoms with Gasteiger partial charge in [0.15, 0.2) is 0 Å². The van der Waals surface area contributed by atoms with E-state index in [4.69, 9.17) is 4.74 Å². The number of urea groups is 1. The van der Waals surface area contributed by atoms with Crippen LogP contribution in [-0.4, -0.2) is 36.4 Å². The molecule has 2 aromatic rings. The average molecular weight is 310 g/mol. The molecule has 116 valence electrons. The number of hydrogen-bond donors (Lipinski definition) is 0. The first-order valence-electron chi connectivity index (χ1n) is 6.99. The highest BCUT2D eigenvalue weighted by atomic mass is 16.5. The summed E-state index contributed by atoms with van der Waals surface area (Å²) in [5, 5.41) is 0. The van der Waals surface area contributed by atoms with Gasteiger partial charge < -0.3 is 4.74 Å². The molecule has 6 nitrogen and oxygen atoms in total. The van der Waals surface area contributed by atoms with E-state index in [2.05, 4.69) is 0 Å². The van der Waals surface area contributed by atoms with E-state index in [1.807, 2.05) is 6.07 Å². The number of nitrogens with zero attached hydrogens (tertiary/aromatic N) is 2. The van der Waals surface area contributed by atoms with E-state index in [9.17, 15) is 14.4 Å². The molecule has 0 saturated carbocycles. The minimum absolute atomic E-state index is 0.148. The molecule has 0 radical (unpaired) electrons. The zero-order valence-corrected chi connectivity index (χ0v) is 12.4. The van der Waals surface area contributed by atoms with E-state index >= 15 is 0 Å². The van der Waals surface area contributed by atoms with Crippen molar-refractivity contribution in [3.05, 3.63) is 60.2 Å². The van der Waals surface area contributed by atoms with Crippen LogP contribution < -0.4 is 9.64 Å². The molecule has 23 heavy (non-hydrogen) atoms. The number of amides is 4. The van der Waals surface area contributed by atoms with Crippen LogP contribution in [0.2, 0.25) is 0 Å². The second-order valence-electron chi connectivity index (χ2n) is 4.97. The van der Waals surface area contributed by atoms with Crippen molar-refractivity contribution in [3.63, 3.8) is 0 Å². The number of para-hydroxylation sites is 1. The molecule has 6 heteroatoms. The quantitative estimate of drug-likeness (QED) is 0.644. The van der Waals surface area contributed by atoms with Gasteiger partial charge in [0.1, 0.15) is 12.3 Å². The van der Waals surface area contributed by atoms with Crippen molar-refractivity contribution in [3.8, 4) is 5.75 Å². The summed E-state index contributed by atoms with van der Waals surface area (Å²) in [4.78, 5) is 39.0. The van der Waals surface area contributed by atoms with E-state index in [-0.39, 0.29) is 12.1 Å². The zero-order valence-electron chi connectivity index (χ0n) is 12.4. The second-order valence-corrected chi connectivity index (χ2v) is 4.97. The molecule has 0 N–H and O–H groups in total. The Morgan fingerprint density at radius 2 is 1.65 bits per heavy atom. The molecule has 1 fully saturated rings. The van der Waals surface area contributed by atoms with Crippen LogP contribution in [0, 0.1) is 0 Å². The summed E-state index contributed by atoms with van der Waals surface area (Å²) in [6.45, 7) is -0.148. The Morgan fingerprint density at radius 1 is 1.00 bits per heavy atom. The third kappa shape index (κ3) is 2.66. The first-order chi connectivity index (χ1) is 11.1. The Hall–Kier alpha value is -3.15.